The van der Waals surface area contributed by atoms with E-state index in [9.17, 15) is 14.4 Å². The molecule has 8 nitrogen and oxygen atoms in total. The lowest BCUT2D eigenvalue weighted by Gasteiger charge is -2.32. The Morgan fingerprint density at radius 3 is 2.50 bits per heavy atom. The van der Waals surface area contributed by atoms with E-state index in [0.717, 1.165) is 5.56 Å². The van der Waals surface area contributed by atoms with E-state index < -0.39 is 11.9 Å². The van der Waals surface area contributed by atoms with Crippen LogP contribution in [0.25, 0.3) is 0 Å². The summed E-state index contributed by atoms with van der Waals surface area (Å²) in [5.74, 6) is -0.537. The zero-order valence-electron chi connectivity index (χ0n) is 17.0. The number of amides is 3. The van der Waals surface area contributed by atoms with Crippen LogP contribution in [0, 0.1) is 0 Å². The van der Waals surface area contributed by atoms with Crippen LogP contribution in [-0.4, -0.2) is 54.6 Å². The summed E-state index contributed by atoms with van der Waals surface area (Å²) in [6.07, 6.45) is 2.72. The first-order valence-corrected chi connectivity index (χ1v) is 10.2. The molecule has 1 aliphatic rings. The molecule has 1 saturated heterocycles. The third-order valence-electron chi connectivity index (χ3n) is 5.02. The number of nitrogens with zero attached hydrogens (tertiary/aromatic N) is 1. The van der Waals surface area contributed by atoms with E-state index in [0.29, 0.717) is 39.0 Å². The predicted molar refractivity (Wildman–Crippen MR) is 110 cm³/mol. The summed E-state index contributed by atoms with van der Waals surface area (Å²) >= 11 is 0. The minimum atomic E-state index is -0.743. The number of likely N-dealkylation sites (tertiary alicyclic amines) is 1. The first-order valence-electron chi connectivity index (χ1n) is 10.2. The van der Waals surface area contributed by atoms with Crippen LogP contribution >= 0.6 is 0 Å². The number of piperidine rings is 1. The van der Waals surface area contributed by atoms with Crippen LogP contribution < -0.4 is 10.6 Å². The fourth-order valence-electron chi connectivity index (χ4n) is 3.42. The van der Waals surface area contributed by atoms with Gasteiger partial charge >= 0.3 is 6.09 Å². The van der Waals surface area contributed by atoms with Gasteiger partial charge in [-0.05, 0) is 37.5 Å². The standard InChI is InChI=1S/C22H27N3O5/c1-2-29-22(28)25-12-10-17(11-13-25)23-20(26)18(15-16-7-4-3-5-8-16)24-21(27)19-9-6-14-30-19/h3-9,14,17-18H,2,10-13,15H2,1H3,(H,23,26)(H,24,27)/t18-/m1/s1. The summed E-state index contributed by atoms with van der Waals surface area (Å²) in [5.41, 5.74) is 0.939. The number of rotatable bonds is 7. The van der Waals surface area contributed by atoms with Crippen molar-refractivity contribution < 1.29 is 23.5 Å². The SMILES string of the molecule is CCOC(=O)N1CCC(NC(=O)[C@@H](Cc2ccccc2)NC(=O)c2ccco2)CC1. The number of carbonyl (C=O) groups is 3. The number of benzene rings is 1. The topological polar surface area (TPSA) is 101 Å². The summed E-state index contributed by atoms with van der Waals surface area (Å²) in [7, 11) is 0. The van der Waals surface area contributed by atoms with Crippen LogP contribution in [0.3, 0.4) is 0 Å². The van der Waals surface area contributed by atoms with Gasteiger partial charge in [0.2, 0.25) is 5.91 Å². The second kappa shape index (κ2) is 10.5. The lowest BCUT2D eigenvalue weighted by molar-refractivity contribution is -0.124. The van der Waals surface area contributed by atoms with Crippen molar-refractivity contribution in [2.24, 2.45) is 0 Å². The van der Waals surface area contributed by atoms with Crippen molar-refractivity contribution in [3.05, 3.63) is 60.1 Å². The van der Waals surface area contributed by atoms with E-state index in [2.05, 4.69) is 10.6 Å². The molecule has 30 heavy (non-hydrogen) atoms. The summed E-state index contributed by atoms with van der Waals surface area (Å²) < 4.78 is 10.2. The van der Waals surface area contributed by atoms with Gasteiger partial charge in [-0.3, -0.25) is 9.59 Å². The molecule has 0 unspecified atom stereocenters. The molecule has 1 aromatic carbocycles. The minimum absolute atomic E-state index is 0.0676. The maximum atomic E-state index is 13.0. The van der Waals surface area contributed by atoms with E-state index >= 15 is 0 Å². The summed E-state index contributed by atoms with van der Waals surface area (Å²) in [6.45, 7) is 3.15. The highest BCUT2D eigenvalue weighted by Gasteiger charge is 2.28. The van der Waals surface area contributed by atoms with E-state index in [1.807, 2.05) is 30.3 Å². The zero-order chi connectivity index (χ0) is 21.3. The van der Waals surface area contributed by atoms with Crippen LogP contribution in [-0.2, 0) is 16.0 Å². The number of hydrogen-bond donors (Lipinski definition) is 2. The Morgan fingerprint density at radius 2 is 1.87 bits per heavy atom. The minimum Gasteiger partial charge on any atom is -0.459 e. The average molecular weight is 413 g/mol. The highest BCUT2D eigenvalue weighted by molar-refractivity contribution is 5.95. The molecule has 0 bridgehead atoms. The second-order valence-electron chi connectivity index (χ2n) is 7.16. The fourth-order valence-corrected chi connectivity index (χ4v) is 3.42. The Hall–Kier alpha value is -3.29. The highest BCUT2D eigenvalue weighted by atomic mass is 16.6. The van der Waals surface area contributed by atoms with Gasteiger partial charge in [0, 0.05) is 25.6 Å². The first-order chi connectivity index (χ1) is 14.6. The largest absolute Gasteiger partial charge is 0.459 e. The highest BCUT2D eigenvalue weighted by Crippen LogP contribution is 2.13. The predicted octanol–water partition coefficient (Wildman–Crippen LogP) is 2.36. The normalized spacial score (nSPS) is 15.3. The van der Waals surface area contributed by atoms with Crippen molar-refractivity contribution in [2.75, 3.05) is 19.7 Å². The number of furan rings is 1. The van der Waals surface area contributed by atoms with Crippen LogP contribution in [0.5, 0.6) is 0 Å². The number of nitrogens with one attached hydrogen (secondary N) is 2. The maximum absolute atomic E-state index is 13.0. The third-order valence-corrected chi connectivity index (χ3v) is 5.02. The fraction of sp³-hybridized carbons (Fsp3) is 0.409. The smallest absolute Gasteiger partial charge is 0.409 e. The van der Waals surface area contributed by atoms with Gasteiger partial charge in [-0.15, -0.1) is 0 Å². The third kappa shape index (κ3) is 5.85. The molecule has 1 fully saturated rings. The van der Waals surface area contributed by atoms with Crippen molar-refractivity contribution in [3.63, 3.8) is 0 Å². The van der Waals surface area contributed by atoms with Crippen LogP contribution in [0.1, 0.15) is 35.9 Å². The number of hydrogen-bond acceptors (Lipinski definition) is 5. The molecule has 0 radical (unpaired) electrons. The molecule has 160 valence electrons. The molecule has 8 heteroatoms. The molecular formula is C22H27N3O5. The zero-order valence-corrected chi connectivity index (χ0v) is 17.0. The van der Waals surface area contributed by atoms with Crippen molar-refractivity contribution in [3.8, 4) is 0 Å². The maximum Gasteiger partial charge on any atom is 0.409 e. The molecule has 2 heterocycles. The monoisotopic (exact) mass is 413 g/mol. The van der Waals surface area contributed by atoms with E-state index in [4.69, 9.17) is 9.15 Å². The van der Waals surface area contributed by atoms with Gasteiger partial charge in [0.25, 0.3) is 5.91 Å². The lowest BCUT2D eigenvalue weighted by atomic mass is 10.0. The van der Waals surface area contributed by atoms with Gasteiger partial charge in [0.1, 0.15) is 6.04 Å². The van der Waals surface area contributed by atoms with Crippen LogP contribution in [0.15, 0.2) is 53.1 Å². The Bertz CT molecular complexity index is 830. The van der Waals surface area contributed by atoms with Crippen LogP contribution in [0.4, 0.5) is 4.79 Å². The van der Waals surface area contributed by atoms with E-state index in [1.165, 1.54) is 6.26 Å². The lowest BCUT2D eigenvalue weighted by Crippen LogP contribution is -2.53. The molecule has 3 rings (SSSR count). The Labute approximate surface area is 175 Å². The summed E-state index contributed by atoms with van der Waals surface area (Å²) in [4.78, 5) is 38.9. The number of carbonyl (C=O) groups excluding carboxylic acids is 3. The summed E-state index contributed by atoms with van der Waals surface area (Å²) in [6, 6.07) is 11.9. The number of ether oxygens (including phenoxy) is 1. The quantitative estimate of drug-likeness (QED) is 0.726. The van der Waals surface area contributed by atoms with E-state index in [-0.39, 0.29) is 23.8 Å². The van der Waals surface area contributed by atoms with Crippen molar-refractivity contribution >= 4 is 17.9 Å². The van der Waals surface area contributed by atoms with Gasteiger partial charge in [-0.1, -0.05) is 30.3 Å². The van der Waals surface area contributed by atoms with Crippen molar-refractivity contribution in [1.82, 2.24) is 15.5 Å². The first kappa shape index (κ1) is 21.4. The van der Waals surface area contributed by atoms with Gasteiger partial charge < -0.3 is 24.7 Å². The molecule has 0 saturated carbocycles. The molecule has 2 aromatic rings. The Balaban J connectivity index is 1.60. The molecule has 3 amide bonds. The molecule has 1 aromatic heterocycles. The van der Waals surface area contributed by atoms with Crippen molar-refractivity contribution in [1.29, 1.82) is 0 Å². The van der Waals surface area contributed by atoms with Gasteiger partial charge in [-0.2, -0.15) is 0 Å². The second-order valence-corrected chi connectivity index (χ2v) is 7.16. The van der Waals surface area contributed by atoms with Crippen molar-refractivity contribution in [2.45, 2.75) is 38.3 Å². The molecule has 1 aliphatic heterocycles. The Kier molecular flexibility index (Phi) is 7.48. The van der Waals surface area contributed by atoms with Gasteiger partial charge in [0.15, 0.2) is 5.76 Å². The molecule has 2 N–H and O–H groups in total. The molecule has 1 atom stereocenters. The van der Waals surface area contributed by atoms with Crippen LogP contribution in [0.2, 0.25) is 0 Å². The summed E-state index contributed by atoms with van der Waals surface area (Å²) in [5, 5.41) is 5.79. The molecule has 0 spiro atoms. The molecular weight excluding hydrogens is 386 g/mol. The van der Waals surface area contributed by atoms with E-state index in [1.54, 1.807) is 24.0 Å². The van der Waals surface area contributed by atoms with Gasteiger partial charge in [-0.25, -0.2) is 4.79 Å². The van der Waals surface area contributed by atoms with Gasteiger partial charge in [0.05, 0.1) is 12.9 Å². The average Bonchev–Trinajstić information content (AvgIpc) is 3.30. The Morgan fingerprint density at radius 1 is 1.13 bits per heavy atom. The molecule has 0 aliphatic carbocycles.